The van der Waals surface area contributed by atoms with Crippen molar-refractivity contribution < 1.29 is 0 Å². The van der Waals surface area contributed by atoms with Gasteiger partial charge in [0.15, 0.2) is 0 Å². The summed E-state index contributed by atoms with van der Waals surface area (Å²) in [6, 6.07) is 2.15. The number of hydrogen-bond acceptors (Lipinski definition) is 3. The molecule has 0 amide bonds. The molecule has 1 fully saturated rings. The van der Waals surface area contributed by atoms with E-state index in [0.717, 1.165) is 19.0 Å². The monoisotopic (exact) mass is 330 g/mol. The van der Waals surface area contributed by atoms with Gasteiger partial charge in [0, 0.05) is 28.0 Å². The van der Waals surface area contributed by atoms with Gasteiger partial charge in [0.1, 0.15) is 0 Å². The second kappa shape index (κ2) is 6.04. The predicted octanol–water partition coefficient (Wildman–Crippen LogP) is 3.72. The molecule has 1 aliphatic heterocycles. The van der Waals surface area contributed by atoms with Crippen molar-refractivity contribution in [3.05, 3.63) is 20.8 Å². The van der Waals surface area contributed by atoms with Crippen LogP contribution < -0.4 is 5.32 Å². The maximum Gasteiger partial charge on any atom is 0.0339 e. The maximum atomic E-state index is 3.62. The molecule has 0 aromatic carbocycles. The van der Waals surface area contributed by atoms with Crippen LogP contribution in [0.25, 0.3) is 0 Å². The minimum atomic E-state index is 0.240. The summed E-state index contributed by atoms with van der Waals surface area (Å²) in [5.41, 5.74) is 0.240. The van der Waals surface area contributed by atoms with Crippen molar-refractivity contribution >= 4 is 27.3 Å². The highest BCUT2D eigenvalue weighted by Crippen LogP contribution is 2.26. The smallest absolute Gasteiger partial charge is 0.0339 e. The first-order valence-electron chi connectivity index (χ1n) is 6.63. The number of hydrogen-bond donors (Lipinski definition) is 1. The second-order valence-corrected chi connectivity index (χ2v) is 8.07. The predicted molar refractivity (Wildman–Crippen MR) is 83.2 cm³/mol. The molecule has 1 aromatic heterocycles. The summed E-state index contributed by atoms with van der Waals surface area (Å²) in [6.07, 6.45) is 1.33. The molecule has 1 N–H and O–H groups in total. The van der Waals surface area contributed by atoms with Crippen LogP contribution in [0.1, 0.15) is 32.1 Å². The zero-order valence-electron chi connectivity index (χ0n) is 11.5. The third-order valence-electron chi connectivity index (χ3n) is 3.35. The van der Waals surface area contributed by atoms with Crippen LogP contribution in [0.4, 0.5) is 0 Å². The lowest BCUT2D eigenvalue weighted by molar-refractivity contribution is 0.307. The van der Waals surface area contributed by atoms with Gasteiger partial charge in [0.2, 0.25) is 0 Å². The zero-order valence-corrected chi connectivity index (χ0v) is 13.9. The molecule has 2 rings (SSSR count). The molecular formula is C14H23BrN2S. The number of thiophene rings is 1. The van der Waals surface area contributed by atoms with Crippen LogP contribution in [-0.4, -0.2) is 30.1 Å². The second-order valence-electron chi connectivity index (χ2n) is 6.21. The van der Waals surface area contributed by atoms with Gasteiger partial charge in [-0.2, -0.15) is 0 Å². The molecule has 102 valence electrons. The van der Waals surface area contributed by atoms with E-state index in [9.17, 15) is 0 Å². The van der Waals surface area contributed by atoms with Crippen LogP contribution in [0.5, 0.6) is 0 Å². The minimum absolute atomic E-state index is 0.240. The summed E-state index contributed by atoms with van der Waals surface area (Å²) >= 11 is 5.47. The first kappa shape index (κ1) is 14.5. The van der Waals surface area contributed by atoms with Crippen molar-refractivity contribution in [3.63, 3.8) is 0 Å². The third-order valence-corrected chi connectivity index (χ3v) is 5.26. The molecule has 0 saturated carbocycles. The zero-order chi connectivity index (χ0) is 13.2. The summed E-state index contributed by atoms with van der Waals surface area (Å²) in [6.45, 7) is 11.4. The van der Waals surface area contributed by atoms with Crippen LogP contribution in [0.15, 0.2) is 15.9 Å². The van der Waals surface area contributed by atoms with Gasteiger partial charge in [-0.15, -0.1) is 11.3 Å². The Kier molecular flexibility index (Phi) is 4.86. The van der Waals surface area contributed by atoms with Crippen molar-refractivity contribution in [1.29, 1.82) is 0 Å². The van der Waals surface area contributed by atoms with Crippen molar-refractivity contribution in [3.8, 4) is 0 Å². The fraction of sp³-hybridized carbons (Fsp3) is 0.714. The van der Waals surface area contributed by atoms with Crippen LogP contribution in [0.2, 0.25) is 0 Å². The molecule has 2 heterocycles. The SMILES string of the molecule is CC(C)(C)NCC1CCN(Cc2sccc2Br)C1. The number of rotatable bonds is 4. The fourth-order valence-electron chi connectivity index (χ4n) is 2.31. The molecule has 1 unspecified atom stereocenters. The molecule has 0 spiro atoms. The van der Waals surface area contributed by atoms with Gasteiger partial charge in [-0.3, -0.25) is 4.90 Å². The van der Waals surface area contributed by atoms with E-state index in [2.05, 4.69) is 58.4 Å². The molecule has 18 heavy (non-hydrogen) atoms. The quantitative estimate of drug-likeness (QED) is 0.905. The molecular weight excluding hydrogens is 308 g/mol. The normalized spacial score (nSPS) is 21.7. The van der Waals surface area contributed by atoms with E-state index in [1.807, 2.05) is 11.3 Å². The Hall–Kier alpha value is 0.100. The summed E-state index contributed by atoms with van der Waals surface area (Å²) < 4.78 is 1.27. The minimum Gasteiger partial charge on any atom is -0.312 e. The number of likely N-dealkylation sites (tertiary alicyclic amines) is 1. The topological polar surface area (TPSA) is 15.3 Å². The molecule has 1 saturated heterocycles. The fourth-order valence-corrected chi connectivity index (χ4v) is 3.83. The Morgan fingerprint density at radius 1 is 1.50 bits per heavy atom. The lowest BCUT2D eigenvalue weighted by Crippen LogP contribution is -2.39. The van der Waals surface area contributed by atoms with E-state index in [4.69, 9.17) is 0 Å². The Morgan fingerprint density at radius 2 is 2.28 bits per heavy atom. The number of nitrogens with one attached hydrogen (secondary N) is 1. The van der Waals surface area contributed by atoms with E-state index in [1.165, 1.54) is 28.9 Å². The lowest BCUT2D eigenvalue weighted by atomic mass is 10.1. The van der Waals surface area contributed by atoms with E-state index < -0.39 is 0 Å². The van der Waals surface area contributed by atoms with E-state index in [0.29, 0.717) is 0 Å². The van der Waals surface area contributed by atoms with Gasteiger partial charge in [-0.25, -0.2) is 0 Å². The van der Waals surface area contributed by atoms with Crippen LogP contribution in [-0.2, 0) is 6.54 Å². The van der Waals surface area contributed by atoms with Crippen LogP contribution in [0, 0.1) is 5.92 Å². The standard InChI is InChI=1S/C14H23BrN2S/c1-14(2,3)16-8-11-4-6-17(9-11)10-13-12(15)5-7-18-13/h5,7,11,16H,4,6,8-10H2,1-3H3. The van der Waals surface area contributed by atoms with E-state index in [-0.39, 0.29) is 5.54 Å². The van der Waals surface area contributed by atoms with Gasteiger partial charge in [-0.05, 0) is 73.6 Å². The van der Waals surface area contributed by atoms with Crippen molar-refractivity contribution in [2.45, 2.75) is 39.3 Å². The maximum absolute atomic E-state index is 3.62. The molecule has 0 radical (unpaired) electrons. The summed E-state index contributed by atoms with van der Waals surface area (Å²) in [5, 5.41) is 5.78. The Labute approximate surface area is 123 Å². The summed E-state index contributed by atoms with van der Waals surface area (Å²) in [7, 11) is 0. The summed E-state index contributed by atoms with van der Waals surface area (Å²) in [5.74, 6) is 0.808. The highest BCUT2D eigenvalue weighted by molar-refractivity contribution is 9.10. The van der Waals surface area contributed by atoms with Crippen molar-refractivity contribution in [2.24, 2.45) is 5.92 Å². The lowest BCUT2D eigenvalue weighted by Gasteiger charge is -2.23. The molecule has 0 bridgehead atoms. The Balaban J connectivity index is 1.77. The average Bonchev–Trinajstić information content (AvgIpc) is 2.86. The van der Waals surface area contributed by atoms with E-state index >= 15 is 0 Å². The van der Waals surface area contributed by atoms with Crippen molar-refractivity contribution in [1.82, 2.24) is 10.2 Å². The molecule has 0 aliphatic carbocycles. The average molecular weight is 331 g/mol. The van der Waals surface area contributed by atoms with Crippen molar-refractivity contribution in [2.75, 3.05) is 19.6 Å². The first-order chi connectivity index (χ1) is 8.44. The van der Waals surface area contributed by atoms with Crippen LogP contribution in [0.3, 0.4) is 0 Å². The third kappa shape index (κ3) is 4.34. The highest BCUT2D eigenvalue weighted by atomic mass is 79.9. The molecule has 2 nitrogen and oxygen atoms in total. The Bertz CT molecular complexity index is 383. The summed E-state index contributed by atoms with van der Waals surface area (Å²) in [4.78, 5) is 4.03. The molecule has 4 heteroatoms. The largest absolute Gasteiger partial charge is 0.312 e. The van der Waals surface area contributed by atoms with E-state index in [1.54, 1.807) is 0 Å². The van der Waals surface area contributed by atoms with Gasteiger partial charge < -0.3 is 5.32 Å². The molecule has 1 aromatic rings. The highest BCUT2D eigenvalue weighted by Gasteiger charge is 2.24. The van der Waals surface area contributed by atoms with Gasteiger partial charge >= 0.3 is 0 Å². The molecule has 1 atom stereocenters. The number of halogens is 1. The van der Waals surface area contributed by atoms with Gasteiger partial charge in [-0.1, -0.05) is 0 Å². The molecule has 1 aliphatic rings. The number of nitrogens with zero attached hydrogens (tertiary/aromatic N) is 1. The van der Waals surface area contributed by atoms with Gasteiger partial charge in [0.25, 0.3) is 0 Å². The van der Waals surface area contributed by atoms with Gasteiger partial charge in [0.05, 0.1) is 0 Å². The first-order valence-corrected chi connectivity index (χ1v) is 8.30. The van der Waals surface area contributed by atoms with Crippen LogP contribution >= 0.6 is 27.3 Å². The Morgan fingerprint density at radius 3 is 2.89 bits per heavy atom.